The Morgan fingerprint density at radius 2 is 1.96 bits per heavy atom. The van der Waals surface area contributed by atoms with Crippen molar-refractivity contribution in [2.45, 2.75) is 39.7 Å². The second kappa shape index (κ2) is 6.74. The normalized spacial score (nSPS) is 11.5. The highest BCUT2D eigenvalue weighted by Gasteiger charge is 2.27. The van der Waals surface area contributed by atoms with E-state index in [0.717, 1.165) is 4.47 Å². The number of esters is 2. The molecule has 0 atom stereocenters. The molecule has 1 aromatic heterocycles. The topological polar surface area (TPSA) is 65.7 Å². The molecule has 1 aromatic carbocycles. The van der Waals surface area contributed by atoms with Crippen LogP contribution in [0.2, 0.25) is 0 Å². The Bertz CT molecular complexity index is 739. The average Bonchev–Trinajstić information content (AvgIpc) is 2.75. The predicted octanol–water partition coefficient (Wildman–Crippen LogP) is 4.26. The van der Waals surface area contributed by atoms with Gasteiger partial charge in [-0.2, -0.15) is 0 Å². The van der Waals surface area contributed by atoms with Crippen LogP contribution in [-0.4, -0.2) is 24.1 Å². The molecule has 0 spiro atoms. The zero-order valence-electron chi connectivity index (χ0n) is 13.6. The summed E-state index contributed by atoms with van der Waals surface area (Å²) in [6.45, 7) is 7.33. The molecule has 0 aliphatic rings. The van der Waals surface area contributed by atoms with Crippen molar-refractivity contribution in [3.63, 3.8) is 0 Å². The number of hydrogen-bond acceptors (Lipinski definition) is 5. The molecule has 23 heavy (non-hydrogen) atoms. The Morgan fingerprint density at radius 3 is 2.57 bits per heavy atom. The summed E-state index contributed by atoms with van der Waals surface area (Å²) in [5.74, 6) is -0.967. The Kier molecular flexibility index (Phi) is 5.14. The third kappa shape index (κ3) is 4.34. The molecule has 6 heteroatoms. The molecule has 0 bridgehead atoms. The smallest absolute Gasteiger partial charge is 0.375 e. The molecule has 0 unspecified atom stereocenters. The largest absolute Gasteiger partial charge is 0.466 e. The van der Waals surface area contributed by atoms with E-state index in [1.54, 1.807) is 45.9 Å². The van der Waals surface area contributed by atoms with Gasteiger partial charge in [-0.25, -0.2) is 4.79 Å². The van der Waals surface area contributed by atoms with Crippen molar-refractivity contribution in [1.29, 1.82) is 0 Å². The third-order valence-electron chi connectivity index (χ3n) is 2.96. The minimum Gasteiger partial charge on any atom is -0.466 e. The van der Waals surface area contributed by atoms with Crippen LogP contribution >= 0.6 is 15.9 Å². The highest BCUT2D eigenvalue weighted by Crippen LogP contribution is 2.30. The molecule has 2 aromatic rings. The number of rotatable bonds is 4. The van der Waals surface area contributed by atoms with Gasteiger partial charge in [0.1, 0.15) is 11.2 Å². The van der Waals surface area contributed by atoms with Gasteiger partial charge in [-0.05, 0) is 45.9 Å². The van der Waals surface area contributed by atoms with Gasteiger partial charge in [0, 0.05) is 15.4 Å². The number of hydrogen-bond donors (Lipinski definition) is 0. The molecule has 5 nitrogen and oxygen atoms in total. The highest BCUT2D eigenvalue weighted by molar-refractivity contribution is 9.10. The van der Waals surface area contributed by atoms with Crippen LogP contribution in [0, 0.1) is 0 Å². The predicted molar refractivity (Wildman–Crippen MR) is 89.4 cm³/mol. The fraction of sp³-hybridized carbons (Fsp3) is 0.412. The van der Waals surface area contributed by atoms with E-state index in [4.69, 9.17) is 13.9 Å². The van der Waals surface area contributed by atoms with E-state index < -0.39 is 17.5 Å². The van der Waals surface area contributed by atoms with Crippen molar-refractivity contribution in [2.75, 3.05) is 6.61 Å². The summed E-state index contributed by atoms with van der Waals surface area (Å²) in [4.78, 5) is 24.3. The number of ether oxygens (including phenoxy) is 2. The van der Waals surface area contributed by atoms with Gasteiger partial charge in [0.05, 0.1) is 13.0 Å². The first-order valence-corrected chi connectivity index (χ1v) is 8.10. The summed E-state index contributed by atoms with van der Waals surface area (Å²) < 4.78 is 16.8. The van der Waals surface area contributed by atoms with E-state index in [0.29, 0.717) is 16.5 Å². The number of fused-ring (bicyclic) bond motifs is 1. The lowest BCUT2D eigenvalue weighted by atomic mass is 10.1. The lowest BCUT2D eigenvalue weighted by molar-refractivity contribution is -0.142. The van der Waals surface area contributed by atoms with Crippen LogP contribution in [-0.2, 0) is 20.7 Å². The Balaban J connectivity index is 2.49. The molecule has 0 amide bonds. The molecular formula is C17H19BrO5. The molecule has 0 radical (unpaired) electrons. The molecule has 0 fully saturated rings. The zero-order chi connectivity index (χ0) is 17.2. The first-order valence-electron chi connectivity index (χ1n) is 7.31. The monoisotopic (exact) mass is 382 g/mol. The van der Waals surface area contributed by atoms with E-state index in [9.17, 15) is 9.59 Å². The van der Waals surface area contributed by atoms with E-state index in [1.807, 2.05) is 0 Å². The summed E-state index contributed by atoms with van der Waals surface area (Å²) in [5.41, 5.74) is 0.347. The summed E-state index contributed by atoms with van der Waals surface area (Å²) in [6.07, 6.45) is -0.0497. The summed E-state index contributed by atoms with van der Waals surface area (Å²) >= 11 is 3.38. The lowest BCUT2D eigenvalue weighted by Crippen LogP contribution is -2.24. The zero-order valence-corrected chi connectivity index (χ0v) is 15.2. The van der Waals surface area contributed by atoms with Crippen molar-refractivity contribution < 1.29 is 23.5 Å². The van der Waals surface area contributed by atoms with Crippen LogP contribution in [0.15, 0.2) is 27.1 Å². The number of benzene rings is 1. The molecule has 0 saturated carbocycles. The van der Waals surface area contributed by atoms with Crippen molar-refractivity contribution in [2.24, 2.45) is 0 Å². The SMILES string of the molecule is CCOC(=O)Cc1c(C(=O)OC(C)(C)C)oc2ccc(Br)cc12. The summed E-state index contributed by atoms with van der Waals surface area (Å²) in [7, 11) is 0. The fourth-order valence-electron chi connectivity index (χ4n) is 2.14. The second-order valence-corrected chi connectivity index (χ2v) is 6.95. The standard InChI is InChI=1S/C17H19BrO5/c1-5-21-14(19)9-12-11-8-10(18)6-7-13(11)22-15(12)16(20)23-17(2,3)4/h6-8H,5,9H2,1-4H3. The van der Waals surface area contributed by atoms with Gasteiger partial charge in [0.15, 0.2) is 0 Å². The van der Waals surface area contributed by atoms with Gasteiger partial charge < -0.3 is 13.9 Å². The lowest BCUT2D eigenvalue weighted by Gasteiger charge is -2.18. The minimum absolute atomic E-state index is 0.0427. The Labute approximate surface area is 143 Å². The first-order chi connectivity index (χ1) is 10.7. The van der Waals surface area contributed by atoms with E-state index in [-0.39, 0.29) is 18.8 Å². The van der Waals surface area contributed by atoms with E-state index in [2.05, 4.69) is 15.9 Å². The maximum absolute atomic E-state index is 12.4. The highest BCUT2D eigenvalue weighted by atomic mass is 79.9. The molecular weight excluding hydrogens is 364 g/mol. The van der Waals surface area contributed by atoms with Gasteiger partial charge in [-0.1, -0.05) is 15.9 Å². The van der Waals surface area contributed by atoms with Crippen LogP contribution in [0.1, 0.15) is 43.8 Å². The number of carbonyl (C=O) groups excluding carboxylic acids is 2. The molecule has 0 N–H and O–H groups in total. The molecule has 0 aliphatic heterocycles. The van der Waals surface area contributed by atoms with E-state index in [1.165, 1.54) is 0 Å². The average molecular weight is 383 g/mol. The summed E-state index contributed by atoms with van der Waals surface area (Å²) in [6, 6.07) is 5.35. The number of furan rings is 1. The maximum Gasteiger partial charge on any atom is 0.375 e. The first kappa shape index (κ1) is 17.5. The molecule has 1 heterocycles. The molecule has 124 valence electrons. The molecule has 0 aliphatic carbocycles. The van der Waals surface area contributed by atoms with Crippen molar-refractivity contribution in [1.82, 2.24) is 0 Å². The van der Waals surface area contributed by atoms with Gasteiger partial charge in [-0.3, -0.25) is 4.79 Å². The third-order valence-corrected chi connectivity index (χ3v) is 3.46. The van der Waals surface area contributed by atoms with Crippen LogP contribution in [0.4, 0.5) is 0 Å². The van der Waals surface area contributed by atoms with Crippen molar-refractivity contribution in [3.8, 4) is 0 Å². The van der Waals surface area contributed by atoms with Gasteiger partial charge in [0.25, 0.3) is 0 Å². The number of carbonyl (C=O) groups is 2. The van der Waals surface area contributed by atoms with Crippen LogP contribution in [0.3, 0.4) is 0 Å². The van der Waals surface area contributed by atoms with Gasteiger partial charge in [-0.15, -0.1) is 0 Å². The van der Waals surface area contributed by atoms with Crippen LogP contribution in [0.5, 0.6) is 0 Å². The fourth-order valence-corrected chi connectivity index (χ4v) is 2.50. The second-order valence-electron chi connectivity index (χ2n) is 6.03. The minimum atomic E-state index is -0.655. The Hall–Kier alpha value is -1.82. The van der Waals surface area contributed by atoms with E-state index >= 15 is 0 Å². The summed E-state index contributed by atoms with van der Waals surface area (Å²) in [5, 5.41) is 0.688. The van der Waals surface area contributed by atoms with Gasteiger partial charge >= 0.3 is 11.9 Å². The van der Waals surface area contributed by atoms with Crippen molar-refractivity contribution in [3.05, 3.63) is 34.0 Å². The molecule has 0 saturated heterocycles. The van der Waals surface area contributed by atoms with Crippen molar-refractivity contribution >= 4 is 38.8 Å². The maximum atomic E-state index is 12.4. The van der Waals surface area contributed by atoms with Gasteiger partial charge in [0.2, 0.25) is 5.76 Å². The quantitative estimate of drug-likeness (QED) is 0.739. The van der Waals surface area contributed by atoms with Crippen LogP contribution < -0.4 is 0 Å². The van der Waals surface area contributed by atoms with Crippen LogP contribution in [0.25, 0.3) is 11.0 Å². The Morgan fingerprint density at radius 1 is 1.26 bits per heavy atom. The molecule has 2 rings (SSSR count). The number of halogens is 1.